The Morgan fingerprint density at radius 3 is 2.67 bits per heavy atom. The minimum Gasteiger partial charge on any atom is -0.344 e. The molecule has 1 N–H and O–H groups in total. The molecule has 0 aliphatic heterocycles. The Morgan fingerprint density at radius 1 is 1.33 bits per heavy atom. The van der Waals surface area contributed by atoms with Gasteiger partial charge in [-0.1, -0.05) is 49.7 Å². The van der Waals surface area contributed by atoms with Crippen LogP contribution in [-0.4, -0.2) is 16.0 Å². The molecule has 0 saturated heterocycles. The van der Waals surface area contributed by atoms with Gasteiger partial charge in [0, 0.05) is 11.0 Å². The average molecular weight is 287 g/mol. The first-order chi connectivity index (χ1) is 9.77. The number of carbonyl (C=O) groups excluding carboxylic acids is 1. The van der Waals surface area contributed by atoms with Crippen LogP contribution in [0.3, 0.4) is 0 Å². The number of carbonyl (C=O) groups is 1. The number of nitrogens with one attached hydrogen (secondary N) is 1. The van der Waals surface area contributed by atoms with Crippen molar-refractivity contribution in [3.05, 3.63) is 35.7 Å². The summed E-state index contributed by atoms with van der Waals surface area (Å²) in [4.78, 5) is 16.3. The summed E-state index contributed by atoms with van der Waals surface area (Å²) in [7, 11) is 0. The van der Waals surface area contributed by atoms with Crippen LogP contribution in [0.4, 0.5) is 0 Å². The maximum Gasteiger partial charge on any atom is 0.249 e. The molecule has 1 aromatic carbocycles. The highest BCUT2D eigenvalue weighted by Crippen LogP contribution is 2.21. The first-order valence-corrected chi connectivity index (χ1v) is 6.99. The number of rotatable bonds is 3. The lowest BCUT2D eigenvalue weighted by Crippen LogP contribution is -2.36. The van der Waals surface area contributed by atoms with E-state index in [1.807, 2.05) is 58.9 Å². The lowest BCUT2D eigenvalue weighted by atomic mass is 9.95. The number of nitrogens with zero attached hydrogens (tertiary/aromatic N) is 2. The summed E-state index contributed by atoms with van der Waals surface area (Å²) in [5.74, 6) is 0.889. The zero-order valence-corrected chi connectivity index (χ0v) is 13.1. The Kier molecular flexibility index (Phi) is 4.11. The van der Waals surface area contributed by atoms with Crippen LogP contribution in [0.5, 0.6) is 0 Å². The molecule has 0 saturated carbocycles. The molecule has 0 fully saturated rings. The SMILES string of the molecule is Cc1cccc(-c2noc([C@@H](C)NC(=O)C(C)(C)C)n2)c1. The number of aromatic nitrogens is 2. The van der Waals surface area contributed by atoms with Gasteiger partial charge in [0.15, 0.2) is 0 Å². The third-order valence-electron chi connectivity index (χ3n) is 3.12. The average Bonchev–Trinajstić information content (AvgIpc) is 2.87. The third-order valence-corrected chi connectivity index (χ3v) is 3.12. The molecule has 0 radical (unpaired) electrons. The van der Waals surface area contributed by atoms with Crippen molar-refractivity contribution in [2.45, 2.75) is 40.7 Å². The van der Waals surface area contributed by atoms with Gasteiger partial charge in [-0.25, -0.2) is 0 Å². The third kappa shape index (κ3) is 3.68. The van der Waals surface area contributed by atoms with E-state index in [0.717, 1.165) is 11.1 Å². The highest BCUT2D eigenvalue weighted by molar-refractivity contribution is 5.81. The first kappa shape index (κ1) is 15.2. The zero-order chi connectivity index (χ0) is 15.6. The fraction of sp³-hybridized carbons (Fsp3) is 0.438. The van der Waals surface area contributed by atoms with Gasteiger partial charge in [-0.15, -0.1) is 0 Å². The van der Waals surface area contributed by atoms with Crippen molar-refractivity contribution >= 4 is 5.91 Å². The van der Waals surface area contributed by atoms with E-state index in [2.05, 4.69) is 15.5 Å². The van der Waals surface area contributed by atoms with Crippen LogP contribution in [0.15, 0.2) is 28.8 Å². The van der Waals surface area contributed by atoms with Gasteiger partial charge in [-0.2, -0.15) is 4.98 Å². The van der Waals surface area contributed by atoms with Crippen molar-refractivity contribution in [2.24, 2.45) is 5.41 Å². The summed E-state index contributed by atoms with van der Waals surface area (Å²) < 4.78 is 5.26. The fourth-order valence-electron chi connectivity index (χ4n) is 1.79. The van der Waals surface area contributed by atoms with E-state index in [1.165, 1.54) is 0 Å². The van der Waals surface area contributed by atoms with Crippen LogP contribution in [0.2, 0.25) is 0 Å². The van der Waals surface area contributed by atoms with E-state index in [-0.39, 0.29) is 11.9 Å². The molecule has 1 amide bonds. The van der Waals surface area contributed by atoms with Crippen molar-refractivity contribution in [3.63, 3.8) is 0 Å². The first-order valence-electron chi connectivity index (χ1n) is 6.99. The van der Waals surface area contributed by atoms with Gasteiger partial charge in [-0.3, -0.25) is 4.79 Å². The summed E-state index contributed by atoms with van der Waals surface area (Å²) in [5.41, 5.74) is 1.58. The number of hydrogen-bond donors (Lipinski definition) is 1. The van der Waals surface area contributed by atoms with E-state index in [1.54, 1.807) is 0 Å². The van der Waals surface area contributed by atoms with E-state index in [9.17, 15) is 4.79 Å². The molecule has 0 spiro atoms. The number of benzene rings is 1. The Balaban J connectivity index is 2.14. The molecule has 0 aliphatic carbocycles. The topological polar surface area (TPSA) is 68.0 Å². The Bertz CT molecular complexity index is 641. The minimum atomic E-state index is -0.451. The number of amides is 1. The standard InChI is InChI=1S/C16H21N3O2/c1-10-7-6-8-12(9-10)13-18-14(21-19-13)11(2)17-15(20)16(3,4)5/h6-9,11H,1-5H3,(H,17,20)/t11-/m1/s1. The molecule has 112 valence electrons. The lowest BCUT2D eigenvalue weighted by Gasteiger charge is -2.19. The molecular weight excluding hydrogens is 266 g/mol. The predicted molar refractivity (Wildman–Crippen MR) is 80.5 cm³/mol. The van der Waals surface area contributed by atoms with E-state index in [4.69, 9.17) is 4.52 Å². The van der Waals surface area contributed by atoms with Crippen LogP contribution in [-0.2, 0) is 4.79 Å². The van der Waals surface area contributed by atoms with Crippen molar-refractivity contribution in [2.75, 3.05) is 0 Å². The Labute approximate surface area is 124 Å². The molecule has 5 nitrogen and oxygen atoms in total. The van der Waals surface area contributed by atoms with Gasteiger partial charge >= 0.3 is 0 Å². The molecule has 0 unspecified atom stereocenters. The van der Waals surface area contributed by atoms with E-state index in [0.29, 0.717) is 11.7 Å². The van der Waals surface area contributed by atoms with Crippen LogP contribution in [0.25, 0.3) is 11.4 Å². The molecule has 0 aliphatic rings. The molecule has 2 aromatic rings. The van der Waals surface area contributed by atoms with Crippen molar-refractivity contribution in [3.8, 4) is 11.4 Å². The van der Waals surface area contributed by atoms with Gasteiger partial charge in [0.1, 0.15) is 6.04 Å². The van der Waals surface area contributed by atoms with E-state index >= 15 is 0 Å². The molecule has 1 heterocycles. The molecular formula is C16H21N3O2. The second kappa shape index (κ2) is 5.68. The Hall–Kier alpha value is -2.17. The molecule has 2 rings (SSSR count). The van der Waals surface area contributed by atoms with Crippen molar-refractivity contribution in [1.29, 1.82) is 0 Å². The van der Waals surface area contributed by atoms with Crippen molar-refractivity contribution < 1.29 is 9.32 Å². The molecule has 0 bridgehead atoms. The number of hydrogen-bond acceptors (Lipinski definition) is 4. The van der Waals surface area contributed by atoms with Crippen molar-refractivity contribution in [1.82, 2.24) is 15.5 Å². The smallest absolute Gasteiger partial charge is 0.249 e. The van der Waals surface area contributed by atoms with E-state index < -0.39 is 5.41 Å². The quantitative estimate of drug-likeness (QED) is 0.940. The zero-order valence-electron chi connectivity index (χ0n) is 13.1. The van der Waals surface area contributed by atoms with Crippen LogP contribution < -0.4 is 5.32 Å². The monoisotopic (exact) mass is 287 g/mol. The van der Waals surface area contributed by atoms with Gasteiger partial charge in [0.05, 0.1) is 0 Å². The van der Waals surface area contributed by atoms with Gasteiger partial charge in [0.25, 0.3) is 0 Å². The minimum absolute atomic E-state index is 0.0506. The second-order valence-corrected chi connectivity index (χ2v) is 6.27. The maximum atomic E-state index is 12.0. The molecule has 1 atom stereocenters. The van der Waals surface area contributed by atoms with Crippen LogP contribution >= 0.6 is 0 Å². The predicted octanol–water partition coefficient (Wildman–Crippen LogP) is 3.27. The van der Waals surface area contributed by atoms with Gasteiger partial charge in [0.2, 0.25) is 17.6 Å². The normalized spacial score (nSPS) is 13.0. The summed E-state index contributed by atoms with van der Waals surface area (Å²) in [5, 5.41) is 6.86. The largest absolute Gasteiger partial charge is 0.344 e. The van der Waals surface area contributed by atoms with Crippen LogP contribution in [0.1, 0.15) is 45.2 Å². The van der Waals surface area contributed by atoms with Crippen LogP contribution in [0, 0.1) is 12.3 Å². The Morgan fingerprint density at radius 2 is 2.05 bits per heavy atom. The molecule has 1 aromatic heterocycles. The maximum absolute atomic E-state index is 12.0. The summed E-state index contributed by atoms with van der Waals surface area (Å²) in [6, 6.07) is 7.57. The van der Waals surface area contributed by atoms with Gasteiger partial charge < -0.3 is 9.84 Å². The lowest BCUT2D eigenvalue weighted by molar-refractivity contribution is -0.129. The number of aryl methyl sites for hydroxylation is 1. The summed E-state index contributed by atoms with van der Waals surface area (Å²) in [6.07, 6.45) is 0. The molecule has 5 heteroatoms. The highest BCUT2D eigenvalue weighted by Gasteiger charge is 2.25. The fourth-order valence-corrected chi connectivity index (χ4v) is 1.79. The second-order valence-electron chi connectivity index (χ2n) is 6.27. The van der Waals surface area contributed by atoms with Gasteiger partial charge in [-0.05, 0) is 19.9 Å². The highest BCUT2D eigenvalue weighted by atomic mass is 16.5. The summed E-state index contributed by atoms with van der Waals surface area (Å²) >= 11 is 0. The summed E-state index contributed by atoms with van der Waals surface area (Å²) in [6.45, 7) is 9.43. The molecule has 21 heavy (non-hydrogen) atoms.